The molecule has 4 heteroatoms. The standard InChI is InChI=1S/C23H20N2OS/c1-17-16-23(19-12-6-3-7-13-19)25(20-14-8-9-15-21(20)27-17)22(24-26-23)18-10-4-2-5-11-18/h2-15,17H,16H2,1H3. The van der Waals surface area contributed by atoms with Crippen LogP contribution < -0.4 is 4.90 Å². The van der Waals surface area contributed by atoms with E-state index in [2.05, 4.69) is 77.6 Å². The van der Waals surface area contributed by atoms with Gasteiger partial charge in [0, 0.05) is 27.7 Å². The summed E-state index contributed by atoms with van der Waals surface area (Å²) in [6.45, 7) is 2.26. The topological polar surface area (TPSA) is 24.8 Å². The summed E-state index contributed by atoms with van der Waals surface area (Å²) in [5.41, 5.74) is 2.70. The summed E-state index contributed by atoms with van der Waals surface area (Å²) in [6.07, 6.45) is 0.843. The Balaban J connectivity index is 1.75. The van der Waals surface area contributed by atoms with Crippen molar-refractivity contribution in [3.63, 3.8) is 0 Å². The van der Waals surface area contributed by atoms with Gasteiger partial charge >= 0.3 is 0 Å². The molecule has 134 valence electrons. The summed E-state index contributed by atoms with van der Waals surface area (Å²) in [5, 5.41) is 5.00. The fraction of sp³-hybridized carbons (Fsp3) is 0.174. The minimum absolute atomic E-state index is 0.390. The molecule has 2 heterocycles. The van der Waals surface area contributed by atoms with Crippen molar-refractivity contribution in [2.24, 2.45) is 5.16 Å². The highest BCUT2D eigenvalue weighted by atomic mass is 32.2. The van der Waals surface area contributed by atoms with E-state index in [0.29, 0.717) is 5.25 Å². The van der Waals surface area contributed by atoms with Crippen LogP contribution in [0.1, 0.15) is 24.5 Å². The Bertz CT molecular complexity index is 990. The van der Waals surface area contributed by atoms with Crippen LogP contribution in [0.4, 0.5) is 5.69 Å². The van der Waals surface area contributed by atoms with E-state index >= 15 is 0 Å². The summed E-state index contributed by atoms with van der Waals surface area (Å²) < 4.78 is 0. The van der Waals surface area contributed by atoms with Crippen molar-refractivity contribution < 1.29 is 4.84 Å². The molecule has 0 aromatic heterocycles. The van der Waals surface area contributed by atoms with Gasteiger partial charge in [-0.1, -0.05) is 84.9 Å². The lowest BCUT2D eigenvalue weighted by molar-refractivity contribution is -0.0274. The SMILES string of the molecule is CC1CC2(c3ccccc3)ON=C(c3ccccc3)N2c2ccccc2S1. The van der Waals surface area contributed by atoms with Crippen LogP contribution in [0.3, 0.4) is 0 Å². The Hall–Kier alpha value is -2.72. The molecule has 0 saturated heterocycles. The van der Waals surface area contributed by atoms with E-state index in [1.54, 1.807) is 0 Å². The van der Waals surface area contributed by atoms with Gasteiger partial charge in [0.2, 0.25) is 5.72 Å². The molecule has 0 N–H and O–H groups in total. The minimum Gasteiger partial charge on any atom is -0.360 e. The van der Waals surface area contributed by atoms with Gasteiger partial charge in [0.1, 0.15) is 0 Å². The molecule has 3 aromatic rings. The van der Waals surface area contributed by atoms with E-state index in [-0.39, 0.29) is 0 Å². The molecule has 0 saturated carbocycles. The first-order chi connectivity index (χ1) is 13.3. The fourth-order valence-electron chi connectivity index (χ4n) is 3.97. The first-order valence-electron chi connectivity index (χ1n) is 9.21. The second kappa shape index (κ2) is 6.46. The molecule has 2 unspecified atom stereocenters. The Labute approximate surface area is 163 Å². The van der Waals surface area contributed by atoms with Crippen molar-refractivity contribution >= 4 is 23.3 Å². The molecule has 0 spiro atoms. The predicted molar refractivity (Wildman–Crippen MR) is 111 cm³/mol. The highest BCUT2D eigenvalue weighted by Gasteiger charge is 2.51. The van der Waals surface area contributed by atoms with Gasteiger partial charge in [0.25, 0.3) is 0 Å². The number of fused-ring (bicyclic) bond motifs is 3. The molecular formula is C23H20N2OS. The van der Waals surface area contributed by atoms with Gasteiger partial charge in [0.15, 0.2) is 5.84 Å². The highest BCUT2D eigenvalue weighted by molar-refractivity contribution is 8.00. The zero-order valence-corrected chi connectivity index (χ0v) is 15.9. The summed E-state index contributed by atoms with van der Waals surface area (Å²) >= 11 is 1.90. The molecule has 27 heavy (non-hydrogen) atoms. The zero-order valence-electron chi connectivity index (χ0n) is 15.1. The third-order valence-corrected chi connectivity index (χ3v) is 6.28. The lowest BCUT2D eigenvalue weighted by Gasteiger charge is -2.37. The molecule has 0 aliphatic carbocycles. The third-order valence-electron chi connectivity index (χ3n) is 5.11. The van der Waals surface area contributed by atoms with Crippen molar-refractivity contribution in [3.8, 4) is 0 Å². The molecule has 3 aromatic carbocycles. The van der Waals surface area contributed by atoms with E-state index < -0.39 is 5.72 Å². The predicted octanol–water partition coefficient (Wildman–Crippen LogP) is 5.62. The average Bonchev–Trinajstić information content (AvgIpc) is 3.03. The number of benzene rings is 3. The van der Waals surface area contributed by atoms with Crippen molar-refractivity contribution in [3.05, 3.63) is 96.1 Å². The number of hydrogen-bond acceptors (Lipinski definition) is 4. The number of rotatable bonds is 2. The van der Waals surface area contributed by atoms with E-state index in [4.69, 9.17) is 4.84 Å². The molecule has 3 nitrogen and oxygen atoms in total. The van der Waals surface area contributed by atoms with Crippen LogP contribution in [0, 0.1) is 0 Å². The van der Waals surface area contributed by atoms with E-state index in [0.717, 1.165) is 29.1 Å². The molecule has 2 aliphatic heterocycles. The Morgan fingerprint density at radius 1 is 0.926 bits per heavy atom. The molecule has 0 radical (unpaired) electrons. The number of hydrogen-bond donors (Lipinski definition) is 0. The van der Waals surface area contributed by atoms with Crippen LogP contribution in [0.25, 0.3) is 0 Å². The van der Waals surface area contributed by atoms with Crippen LogP contribution in [-0.2, 0) is 10.6 Å². The number of amidine groups is 1. The largest absolute Gasteiger partial charge is 0.360 e. The maximum Gasteiger partial charge on any atom is 0.242 e. The van der Waals surface area contributed by atoms with E-state index in [1.807, 2.05) is 36.0 Å². The Kier molecular flexibility index (Phi) is 3.94. The molecule has 2 atom stereocenters. The monoisotopic (exact) mass is 372 g/mol. The van der Waals surface area contributed by atoms with Gasteiger partial charge < -0.3 is 4.84 Å². The van der Waals surface area contributed by atoms with Gasteiger partial charge in [-0.2, -0.15) is 0 Å². The van der Waals surface area contributed by atoms with Crippen molar-refractivity contribution in [2.45, 2.75) is 29.2 Å². The minimum atomic E-state index is -0.633. The molecule has 0 bridgehead atoms. The van der Waals surface area contributed by atoms with Gasteiger partial charge in [-0.3, -0.25) is 4.90 Å². The lowest BCUT2D eigenvalue weighted by atomic mass is 9.94. The number of nitrogens with zero attached hydrogens (tertiary/aromatic N) is 2. The van der Waals surface area contributed by atoms with E-state index in [1.165, 1.54) is 4.90 Å². The summed E-state index contributed by atoms with van der Waals surface area (Å²) in [6, 6.07) is 29.3. The average molecular weight is 372 g/mol. The quantitative estimate of drug-likeness (QED) is 0.583. The van der Waals surface area contributed by atoms with Crippen LogP contribution in [-0.4, -0.2) is 11.1 Å². The van der Waals surface area contributed by atoms with Crippen molar-refractivity contribution in [1.82, 2.24) is 0 Å². The number of para-hydroxylation sites is 1. The molecular weight excluding hydrogens is 352 g/mol. The summed E-state index contributed by atoms with van der Waals surface area (Å²) in [5.74, 6) is 0.863. The Morgan fingerprint density at radius 2 is 1.59 bits per heavy atom. The maximum absolute atomic E-state index is 6.31. The fourth-order valence-corrected chi connectivity index (χ4v) is 5.15. The normalized spacial score (nSPS) is 23.7. The number of oxime groups is 1. The van der Waals surface area contributed by atoms with Crippen LogP contribution in [0.2, 0.25) is 0 Å². The molecule has 2 aliphatic rings. The zero-order chi connectivity index (χ0) is 18.3. The van der Waals surface area contributed by atoms with Gasteiger partial charge in [-0.25, -0.2) is 0 Å². The van der Waals surface area contributed by atoms with Crippen molar-refractivity contribution in [1.29, 1.82) is 0 Å². The summed E-state index contributed by atoms with van der Waals surface area (Å²) in [7, 11) is 0. The van der Waals surface area contributed by atoms with Gasteiger partial charge in [-0.05, 0) is 12.1 Å². The second-order valence-electron chi connectivity index (χ2n) is 6.96. The lowest BCUT2D eigenvalue weighted by Crippen LogP contribution is -2.47. The number of anilines is 1. The third kappa shape index (κ3) is 2.63. The Morgan fingerprint density at radius 3 is 2.37 bits per heavy atom. The molecule has 0 amide bonds. The van der Waals surface area contributed by atoms with Crippen LogP contribution in [0.15, 0.2) is 95.0 Å². The molecule has 5 rings (SSSR count). The van der Waals surface area contributed by atoms with E-state index in [9.17, 15) is 0 Å². The van der Waals surface area contributed by atoms with Gasteiger partial charge in [0.05, 0.1) is 5.69 Å². The van der Waals surface area contributed by atoms with Gasteiger partial charge in [-0.15, -0.1) is 11.8 Å². The van der Waals surface area contributed by atoms with Crippen LogP contribution >= 0.6 is 11.8 Å². The number of thioether (sulfide) groups is 1. The highest BCUT2D eigenvalue weighted by Crippen LogP contribution is 2.51. The van der Waals surface area contributed by atoms with Crippen LogP contribution in [0.5, 0.6) is 0 Å². The van der Waals surface area contributed by atoms with Crippen molar-refractivity contribution in [2.75, 3.05) is 4.90 Å². The smallest absolute Gasteiger partial charge is 0.242 e. The summed E-state index contributed by atoms with van der Waals surface area (Å²) in [4.78, 5) is 9.86. The molecule has 0 fully saturated rings. The second-order valence-corrected chi connectivity index (χ2v) is 8.44. The first kappa shape index (κ1) is 16.5. The first-order valence-corrected chi connectivity index (χ1v) is 10.1. The maximum atomic E-state index is 6.31.